The standard InChI is InChI=1S/C13H17N3O3/c1-9(2)7-14-12(18)13(19)16-15-8-10-4-3-5-11(17)6-10/h3-6,8-9,17H,7H2,1-2H3,(H,14,18)(H,16,19)/b15-8+. The lowest BCUT2D eigenvalue weighted by Crippen LogP contribution is -2.39. The molecule has 0 radical (unpaired) electrons. The van der Waals surface area contributed by atoms with Gasteiger partial charge in [0.1, 0.15) is 5.75 Å². The number of carbonyl (C=O) groups excluding carboxylic acids is 2. The summed E-state index contributed by atoms with van der Waals surface area (Å²) in [5.41, 5.74) is 2.72. The Bertz CT molecular complexity index is 484. The van der Waals surface area contributed by atoms with Crippen molar-refractivity contribution in [3.05, 3.63) is 29.8 Å². The molecule has 0 unspecified atom stereocenters. The highest BCUT2D eigenvalue weighted by molar-refractivity contribution is 6.35. The predicted octanol–water partition coefficient (Wildman–Crippen LogP) is 0.615. The summed E-state index contributed by atoms with van der Waals surface area (Å²) in [5, 5.41) is 15.3. The van der Waals surface area contributed by atoms with E-state index in [0.717, 1.165) is 0 Å². The summed E-state index contributed by atoms with van der Waals surface area (Å²) in [6.45, 7) is 4.29. The highest BCUT2D eigenvalue weighted by Crippen LogP contribution is 2.08. The van der Waals surface area contributed by atoms with Crippen LogP contribution >= 0.6 is 0 Å². The molecule has 6 heteroatoms. The Morgan fingerprint density at radius 3 is 2.74 bits per heavy atom. The number of hydrogen-bond acceptors (Lipinski definition) is 4. The third-order valence-electron chi connectivity index (χ3n) is 2.13. The molecule has 102 valence electrons. The Balaban J connectivity index is 2.43. The van der Waals surface area contributed by atoms with Crippen LogP contribution in [0.25, 0.3) is 0 Å². The van der Waals surface area contributed by atoms with Crippen LogP contribution in [-0.2, 0) is 9.59 Å². The zero-order chi connectivity index (χ0) is 14.3. The summed E-state index contributed by atoms with van der Waals surface area (Å²) >= 11 is 0. The first-order chi connectivity index (χ1) is 8.99. The van der Waals surface area contributed by atoms with Crippen molar-refractivity contribution in [3.63, 3.8) is 0 Å². The Morgan fingerprint density at radius 1 is 1.37 bits per heavy atom. The number of phenolic OH excluding ortho intramolecular Hbond substituents is 1. The molecule has 0 heterocycles. The van der Waals surface area contributed by atoms with Crippen LogP contribution in [0.3, 0.4) is 0 Å². The van der Waals surface area contributed by atoms with Crippen molar-refractivity contribution in [2.45, 2.75) is 13.8 Å². The molecule has 1 aromatic rings. The van der Waals surface area contributed by atoms with Gasteiger partial charge in [-0.25, -0.2) is 5.43 Å². The van der Waals surface area contributed by atoms with Crippen molar-refractivity contribution < 1.29 is 14.7 Å². The molecule has 1 aromatic carbocycles. The summed E-state index contributed by atoms with van der Waals surface area (Å²) in [4.78, 5) is 22.6. The quantitative estimate of drug-likeness (QED) is 0.422. The average molecular weight is 263 g/mol. The molecule has 0 saturated carbocycles. The van der Waals surface area contributed by atoms with E-state index in [0.29, 0.717) is 12.1 Å². The van der Waals surface area contributed by atoms with E-state index in [4.69, 9.17) is 0 Å². The van der Waals surface area contributed by atoms with Gasteiger partial charge in [-0.2, -0.15) is 5.10 Å². The lowest BCUT2D eigenvalue weighted by Gasteiger charge is -2.05. The van der Waals surface area contributed by atoms with Crippen molar-refractivity contribution in [2.24, 2.45) is 11.0 Å². The van der Waals surface area contributed by atoms with Crippen molar-refractivity contribution in [3.8, 4) is 5.75 Å². The van der Waals surface area contributed by atoms with Crippen LogP contribution in [0, 0.1) is 5.92 Å². The van der Waals surface area contributed by atoms with Crippen molar-refractivity contribution >= 4 is 18.0 Å². The number of benzene rings is 1. The van der Waals surface area contributed by atoms with E-state index in [9.17, 15) is 14.7 Å². The number of nitrogens with one attached hydrogen (secondary N) is 2. The molecule has 0 fully saturated rings. The maximum atomic E-state index is 11.3. The van der Waals surface area contributed by atoms with Gasteiger partial charge in [0.15, 0.2) is 0 Å². The highest BCUT2D eigenvalue weighted by atomic mass is 16.3. The van der Waals surface area contributed by atoms with E-state index in [1.807, 2.05) is 13.8 Å². The maximum absolute atomic E-state index is 11.3. The van der Waals surface area contributed by atoms with Gasteiger partial charge in [-0.15, -0.1) is 0 Å². The maximum Gasteiger partial charge on any atom is 0.329 e. The smallest absolute Gasteiger partial charge is 0.329 e. The van der Waals surface area contributed by atoms with E-state index in [1.165, 1.54) is 18.3 Å². The van der Waals surface area contributed by atoms with Crippen LogP contribution in [0.4, 0.5) is 0 Å². The van der Waals surface area contributed by atoms with Gasteiger partial charge in [-0.1, -0.05) is 26.0 Å². The third-order valence-corrected chi connectivity index (χ3v) is 2.13. The van der Waals surface area contributed by atoms with Crippen LogP contribution in [0.5, 0.6) is 5.75 Å². The fourth-order valence-corrected chi connectivity index (χ4v) is 1.20. The summed E-state index contributed by atoms with van der Waals surface area (Å²) in [6.07, 6.45) is 1.34. The normalized spacial score (nSPS) is 10.7. The number of hydrogen-bond donors (Lipinski definition) is 3. The van der Waals surface area contributed by atoms with Gasteiger partial charge in [0.05, 0.1) is 6.21 Å². The summed E-state index contributed by atoms with van der Waals surface area (Å²) in [7, 11) is 0. The lowest BCUT2D eigenvalue weighted by atomic mass is 10.2. The molecule has 0 aromatic heterocycles. The first-order valence-corrected chi connectivity index (χ1v) is 5.89. The van der Waals surface area contributed by atoms with Gasteiger partial charge in [0.25, 0.3) is 0 Å². The van der Waals surface area contributed by atoms with Crippen molar-refractivity contribution in [1.82, 2.24) is 10.7 Å². The van der Waals surface area contributed by atoms with Gasteiger partial charge in [0.2, 0.25) is 0 Å². The number of nitrogens with zero attached hydrogens (tertiary/aromatic N) is 1. The number of hydrazone groups is 1. The summed E-state index contributed by atoms with van der Waals surface area (Å²) in [6, 6.07) is 6.35. The fraction of sp³-hybridized carbons (Fsp3) is 0.308. The molecule has 6 nitrogen and oxygen atoms in total. The SMILES string of the molecule is CC(C)CNC(=O)C(=O)N/N=C/c1cccc(O)c1. The summed E-state index contributed by atoms with van der Waals surface area (Å²) in [5.74, 6) is -1.17. The first kappa shape index (κ1) is 14.7. The van der Waals surface area contributed by atoms with Gasteiger partial charge in [-0.05, 0) is 23.6 Å². The predicted molar refractivity (Wildman–Crippen MR) is 71.7 cm³/mol. The largest absolute Gasteiger partial charge is 0.508 e. The van der Waals surface area contributed by atoms with E-state index in [-0.39, 0.29) is 11.7 Å². The third kappa shape index (κ3) is 5.67. The second kappa shape index (κ2) is 7.15. The number of carbonyl (C=O) groups is 2. The number of rotatable bonds is 4. The zero-order valence-corrected chi connectivity index (χ0v) is 10.9. The Kier molecular flexibility index (Phi) is 5.53. The molecule has 2 amide bonds. The van der Waals surface area contributed by atoms with Gasteiger partial charge < -0.3 is 10.4 Å². The molecule has 0 atom stereocenters. The Labute approximate surface area is 111 Å². The van der Waals surface area contributed by atoms with Crippen molar-refractivity contribution in [1.29, 1.82) is 0 Å². The zero-order valence-electron chi connectivity index (χ0n) is 10.9. The number of phenols is 1. The monoisotopic (exact) mass is 263 g/mol. The topological polar surface area (TPSA) is 90.8 Å². The minimum atomic E-state index is -0.822. The second-order valence-electron chi connectivity index (χ2n) is 4.40. The minimum absolute atomic E-state index is 0.102. The first-order valence-electron chi connectivity index (χ1n) is 5.89. The molecule has 19 heavy (non-hydrogen) atoms. The molecule has 0 saturated heterocycles. The molecule has 0 aliphatic rings. The van der Waals surface area contributed by atoms with Gasteiger partial charge in [-0.3, -0.25) is 9.59 Å². The second-order valence-corrected chi connectivity index (χ2v) is 4.40. The molecule has 0 bridgehead atoms. The average Bonchev–Trinajstić information content (AvgIpc) is 2.35. The van der Waals surface area contributed by atoms with E-state index < -0.39 is 11.8 Å². The molecular formula is C13H17N3O3. The fourth-order valence-electron chi connectivity index (χ4n) is 1.20. The van der Waals surface area contributed by atoms with Gasteiger partial charge >= 0.3 is 11.8 Å². The summed E-state index contributed by atoms with van der Waals surface area (Å²) < 4.78 is 0. The van der Waals surface area contributed by atoms with Crippen LogP contribution in [0.1, 0.15) is 19.4 Å². The molecule has 0 aliphatic carbocycles. The minimum Gasteiger partial charge on any atom is -0.508 e. The van der Waals surface area contributed by atoms with Crippen LogP contribution in [0.15, 0.2) is 29.4 Å². The van der Waals surface area contributed by atoms with Crippen molar-refractivity contribution in [2.75, 3.05) is 6.54 Å². The number of aromatic hydroxyl groups is 1. The van der Waals surface area contributed by atoms with Gasteiger partial charge in [0, 0.05) is 6.54 Å². The van der Waals surface area contributed by atoms with E-state index >= 15 is 0 Å². The molecule has 3 N–H and O–H groups in total. The highest BCUT2D eigenvalue weighted by Gasteiger charge is 2.11. The van der Waals surface area contributed by atoms with E-state index in [1.54, 1.807) is 12.1 Å². The van der Waals surface area contributed by atoms with Crippen LogP contribution in [-0.4, -0.2) is 29.7 Å². The molecule has 1 rings (SSSR count). The Morgan fingerprint density at radius 2 is 2.11 bits per heavy atom. The van der Waals surface area contributed by atoms with Crippen LogP contribution < -0.4 is 10.7 Å². The number of amides is 2. The molecular weight excluding hydrogens is 246 g/mol. The lowest BCUT2D eigenvalue weighted by molar-refractivity contribution is -0.139. The van der Waals surface area contributed by atoms with E-state index in [2.05, 4.69) is 15.8 Å². The molecule has 0 aliphatic heterocycles. The Hall–Kier alpha value is -2.37. The molecule has 0 spiro atoms. The van der Waals surface area contributed by atoms with Crippen LogP contribution in [0.2, 0.25) is 0 Å².